The summed E-state index contributed by atoms with van der Waals surface area (Å²) in [5.41, 5.74) is 5.40. The van der Waals surface area contributed by atoms with E-state index in [1.165, 1.54) is 0 Å². The van der Waals surface area contributed by atoms with Gasteiger partial charge in [0.15, 0.2) is 17.3 Å². The van der Waals surface area contributed by atoms with Gasteiger partial charge >= 0.3 is 0 Å². The van der Waals surface area contributed by atoms with E-state index in [-0.39, 0.29) is 17.6 Å². The molecule has 5 rings (SSSR count). The molecule has 3 aromatic rings. The summed E-state index contributed by atoms with van der Waals surface area (Å²) in [6, 6.07) is 17.1. The lowest BCUT2D eigenvalue weighted by Gasteiger charge is -2.36. The third-order valence-corrected chi connectivity index (χ3v) is 7.31. The standard InChI is InChI=1S/C31H32N2O5/c1-17-6-10-22(11-7-17)33-31(35)28-19(3)32-23-14-21(20-9-13-25(36-4)27(16-20)37-5)15-24(34)29(23)30(28)26-12-8-18(2)38-26/h6-13,16,21,30,32H,14-15H2,1-5H3,(H,33,35)/t21-,30-/m1/s1. The van der Waals surface area contributed by atoms with Crippen molar-refractivity contribution in [2.24, 2.45) is 0 Å². The summed E-state index contributed by atoms with van der Waals surface area (Å²) < 4.78 is 16.9. The highest BCUT2D eigenvalue weighted by molar-refractivity contribution is 6.09. The van der Waals surface area contributed by atoms with Gasteiger partial charge in [-0.15, -0.1) is 0 Å². The van der Waals surface area contributed by atoms with Gasteiger partial charge in [0.05, 0.1) is 25.7 Å². The van der Waals surface area contributed by atoms with Crippen LogP contribution in [-0.4, -0.2) is 25.9 Å². The Labute approximate surface area is 222 Å². The Hall–Kier alpha value is -4.26. The lowest BCUT2D eigenvalue weighted by molar-refractivity contribution is -0.116. The van der Waals surface area contributed by atoms with Crippen LogP contribution in [0.1, 0.15) is 54.2 Å². The van der Waals surface area contributed by atoms with Gasteiger partial charge < -0.3 is 24.5 Å². The molecule has 1 amide bonds. The molecule has 7 nitrogen and oxygen atoms in total. The van der Waals surface area contributed by atoms with Gasteiger partial charge in [-0.05, 0) is 75.1 Å². The number of carbonyl (C=O) groups excluding carboxylic acids is 2. The van der Waals surface area contributed by atoms with Crippen LogP contribution in [0.25, 0.3) is 0 Å². The molecule has 2 aliphatic rings. The van der Waals surface area contributed by atoms with Gasteiger partial charge in [0, 0.05) is 29.1 Å². The Morgan fingerprint density at radius 1 is 0.947 bits per heavy atom. The number of benzene rings is 2. The minimum atomic E-state index is -0.593. The monoisotopic (exact) mass is 512 g/mol. The fourth-order valence-corrected chi connectivity index (χ4v) is 5.41. The van der Waals surface area contributed by atoms with Crippen LogP contribution in [0.5, 0.6) is 11.5 Å². The topological polar surface area (TPSA) is 89.8 Å². The number of dihydropyridines is 1. The van der Waals surface area contributed by atoms with Crippen LogP contribution in [0.4, 0.5) is 5.69 Å². The molecular weight excluding hydrogens is 480 g/mol. The molecular formula is C31H32N2O5. The number of hydrogen-bond donors (Lipinski definition) is 2. The first kappa shape index (κ1) is 25.4. The summed E-state index contributed by atoms with van der Waals surface area (Å²) in [4.78, 5) is 27.4. The highest BCUT2D eigenvalue weighted by Gasteiger charge is 2.42. The maximum atomic E-state index is 13.8. The van der Waals surface area contributed by atoms with Crippen molar-refractivity contribution in [3.05, 3.63) is 99.8 Å². The van der Waals surface area contributed by atoms with Crippen molar-refractivity contribution in [1.29, 1.82) is 0 Å². The van der Waals surface area contributed by atoms with E-state index in [1.54, 1.807) is 14.2 Å². The minimum Gasteiger partial charge on any atom is -0.493 e. The number of methoxy groups -OCH3 is 2. The molecule has 2 atom stereocenters. The average molecular weight is 513 g/mol. The SMILES string of the molecule is COc1ccc([C@H]2CC(=O)C3=C(C2)NC(C)=C(C(=O)Nc2ccc(C)cc2)[C@H]3c2ccc(C)o2)cc1OC. The van der Waals surface area contributed by atoms with Crippen molar-refractivity contribution < 1.29 is 23.5 Å². The van der Waals surface area contributed by atoms with Crippen molar-refractivity contribution in [2.45, 2.75) is 45.4 Å². The smallest absolute Gasteiger partial charge is 0.254 e. The molecule has 0 radical (unpaired) electrons. The van der Waals surface area contributed by atoms with Crippen molar-refractivity contribution in [1.82, 2.24) is 5.32 Å². The molecule has 0 saturated heterocycles. The fraction of sp³-hybridized carbons (Fsp3) is 0.290. The maximum absolute atomic E-state index is 13.8. The van der Waals surface area contributed by atoms with E-state index in [0.717, 1.165) is 22.6 Å². The number of ketones is 1. The Kier molecular flexibility index (Phi) is 6.85. The van der Waals surface area contributed by atoms with E-state index < -0.39 is 5.92 Å². The first-order valence-corrected chi connectivity index (χ1v) is 12.7. The normalized spacial score (nSPS) is 19.1. The molecule has 0 bridgehead atoms. The lowest BCUT2D eigenvalue weighted by Crippen LogP contribution is -2.37. The van der Waals surface area contributed by atoms with E-state index in [4.69, 9.17) is 13.9 Å². The first-order valence-electron chi connectivity index (χ1n) is 12.7. The van der Waals surface area contributed by atoms with Crippen molar-refractivity contribution in [2.75, 3.05) is 19.5 Å². The van der Waals surface area contributed by atoms with E-state index in [9.17, 15) is 9.59 Å². The zero-order chi connectivity index (χ0) is 27.0. The number of furan rings is 1. The van der Waals surface area contributed by atoms with Crippen molar-refractivity contribution >= 4 is 17.4 Å². The number of allylic oxidation sites excluding steroid dienone is 3. The van der Waals surface area contributed by atoms with Gasteiger partial charge in [0.2, 0.25) is 0 Å². The highest BCUT2D eigenvalue weighted by Crippen LogP contribution is 2.46. The molecule has 0 saturated carbocycles. The third kappa shape index (κ3) is 4.72. The molecule has 196 valence electrons. The molecule has 2 aromatic carbocycles. The maximum Gasteiger partial charge on any atom is 0.254 e. The summed E-state index contributed by atoms with van der Waals surface area (Å²) in [6.45, 7) is 5.73. The number of hydrogen-bond acceptors (Lipinski definition) is 6. The molecule has 7 heteroatoms. The molecule has 1 aromatic heterocycles. The van der Waals surface area contributed by atoms with Crippen molar-refractivity contribution in [3.8, 4) is 11.5 Å². The van der Waals surface area contributed by atoms with Gasteiger partial charge in [-0.1, -0.05) is 23.8 Å². The molecule has 38 heavy (non-hydrogen) atoms. The molecule has 2 N–H and O–H groups in total. The Morgan fingerprint density at radius 3 is 2.34 bits per heavy atom. The largest absolute Gasteiger partial charge is 0.493 e. The number of rotatable bonds is 6. The molecule has 0 spiro atoms. The summed E-state index contributed by atoms with van der Waals surface area (Å²) in [5, 5.41) is 6.42. The number of aryl methyl sites for hydroxylation is 2. The predicted octanol–water partition coefficient (Wildman–Crippen LogP) is 5.91. The quantitative estimate of drug-likeness (QED) is 0.427. The molecule has 1 aliphatic carbocycles. The first-order chi connectivity index (χ1) is 18.3. The summed E-state index contributed by atoms with van der Waals surface area (Å²) in [5.74, 6) is 1.68. The second-order valence-electron chi connectivity index (χ2n) is 9.90. The van der Waals surface area contributed by atoms with Crippen molar-refractivity contribution in [3.63, 3.8) is 0 Å². The van der Waals surface area contributed by atoms with E-state index in [1.807, 2.05) is 75.4 Å². The number of nitrogens with one attached hydrogen (secondary N) is 2. The van der Waals surface area contributed by atoms with Crippen LogP contribution >= 0.6 is 0 Å². The molecule has 2 heterocycles. The second kappa shape index (κ2) is 10.2. The average Bonchev–Trinajstić information content (AvgIpc) is 3.34. The number of anilines is 1. The van der Waals surface area contributed by atoms with Gasteiger partial charge in [0.25, 0.3) is 5.91 Å². The summed E-state index contributed by atoms with van der Waals surface area (Å²) in [6.07, 6.45) is 0.940. The van der Waals surface area contributed by atoms with Crippen LogP contribution < -0.4 is 20.1 Å². The predicted molar refractivity (Wildman–Crippen MR) is 145 cm³/mol. The van der Waals surface area contributed by atoms with Crippen LogP contribution in [0.15, 0.2) is 81.6 Å². The Bertz CT molecular complexity index is 1460. The summed E-state index contributed by atoms with van der Waals surface area (Å²) in [7, 11) is 3.20. The molecule has 1 aliphatic heterocycles. The zero-order valence-corrected chi connectivity index (χ0v) is 22.3. The lowest BCUT2D eigenvalue weighted by atomic mass is 9.73. The number of ether oxygens (including phenoxy) is 2. The highest BCUT2D eigenvalue weighted by atomic mass is 16.5. The summed E-state index contributed by atoms with van der Waals surface area (Å²) >= 11 is 0. The molecule has 0 unspecified atom stereocenters. The Morgan fingerprint density at radius 2 is 1.68 bits per heavy atom. The number of Topliss-reactive ketones (excluding diaryl/α,β-unsaturated/α-hetero) is 1. The van der Waals surface area contributed by atoms with E-state index in [0.29, 0.717) is 52.6 Å². The Balaban J connectivity index is 1.52. The van der Waals surface area contributed by atoms with Crippen LogP contribution in [0.3, 0.4) is 0 Å². The van der Waals surface area contributed by atoms with Gasteiger partial charge in [-0.2, -0.15) is 0 Å². The second-order valence-corrected chi connectivity index (χ2v) is 9.90. The van der Waals surface area contributed by atoms with Crippen LogP contribution in [0.2, 0.25) is 0 Å². The minimum absolute atomic E-state index is 0.00859. The molecule has 0 fully saturated rings. The number of carbonyl (C=O) groups is 2. The van der Waals surface area contributed by atoms with E-state index >= 15 is 0 Å². The fourth-order valence-electron chi connectivity index (χ4n) is 5.41. The van der Waals surface area contributed by atoms with E-state index in [2.05, 4.69) is 10.6 Å². The van der Waals surface area contributed by atoms with Gasteiger partial charge in [-0.25, -0.2) is 0 Å². The van der Waals surface area contributed by atoms with Crippen LogP contribution in [-0.2, 0) is 9.59 Å². The third-order valence-electron chi connectivity index (χ3n) is 7.31. The van der Waals surface area contributed by atoms with Gasteiger partial charge in [-0.3, -0.25) is 9.59 Å². The van der Waals surface area contributed by atoms with Crippen LogP contribution in [0, 0.1) is 13.8 Å². The number of amides is 1. The zero-order valence-electron chi connectivity index (χ0n) is 22.3. The van der Waals surface area contributed by atoms with Gasteiger partial charge in [0.1, 0.15) is 11.5 Å².